The molecule has 3 aromatic rings. The molecule has 0 spiro atoms. The molecule has 1 aliphatic heterocycles. The quantitative estimate of drug-likeness (QED) is 0.406. The van der Waals surface area contributed by atoms with E-state index in [0.29, 0.717) is 42.4 Å². The number of carbonyl (C=O) groups excluding carboxylic acids is 2. The van der Waals surface area contributed by atoms with E-state index in [1.54, 1.807) is 4.90 Å². The van der Waals surface area contributed by atoms with Gasteiger partial charge in [-0.3, -0.25) is 19.0 Å². The number of rotatable bonds is 5. The minimum absolute atomic E-state index is 0.00300. The first kappa shape index (κ1) is 26.8. The number of aliphatic carboxylic acids is 1. The zero-order valence-electron chi connectivity index (χ0n) is 19.4. The van der Waals surface area contributed by atoms with Gasteiger partial charge in [-0.05, 0) is 61.6 Å². The number of alkyl halides is 3. The van der Waals surface area contributed by atoms with Crippen LogP contribution < -0.4 is 4.74 Å². The van der Waals surface area contributed by atoms with E-state index in [1.165, 1.54) is 35.9 Å². The number of amides is 1. The molecule has 0 aliphatic carbocycles. The van der Waals surface area contributed by atoms with Gasteiger partial charge >= 0.3 is 12.3 Å². The van der Waals surface area contributed by atoms with Gasteiger partial charge in [-0.1, -0.05) is 23.2 Å². The van der Waals surface area contributed by atoms with Gasteiger partial charge in [-0.2, -0.15) is 0 Å². The van der Waals surface area contributed by atoms with Gasteiger partial charge in [-0.15, -0.1) is 13.2 Å². The van der Waals surface area contributed by atoms with Crippen LogP contribution in [0.2, 0.25) is 10.0 Å². The summed E-state index contributed by atoms with van der Waals surface area (Å²) in [6, 6.07) is 6.60. The highest BCUT2D eigenvalue weighted by Crippen LogP contribution is 2.34. The summed E-state index contributed by atoms with van der Waals surface area (Å²) in [5, 5.41) is 9.17. The highest BCUT2D eigenvalue weighted by atomic mass is 35.5. The van der Waals surface area contributed by atoms with E-state index < -0.39 is 29.9 Å². The Balaban J connectivity index is 1.64. The predicted molar refractivity (Wildman–Crippen MR) is 130 cm³/mol. The number of halogens is 5. The first-order valence-electron chi connectivity index (χ1n) is 11.3. The predicted octanol–water partition coefficient (Wildman–Crippen LogP) is 6.17. The van der Waals surface area contributed by atoms with E-state index in [9.17, 15) is 27.6 Å². The fourth-order valence-electron chi connectivity index (χ4n) is 4.61. The van der Waals surface area contributed by atoms with Crippen LogP contribution in [-0.2, 0) is 4.79 Å². The van der Waals surface area contributed by atoms with Crippen molar-refractivity contribution in [2.24, 2.45) is 5.92 Å². The summed E-state index contributed by atoms with van der Waals surface area (Å²) < 4.78 is 43.2. The summed E-state index contributed by atoms with van der Waals surface area (Å²) >= 11 is 12.9. The number of carboxylic acid groups (broad SMARTS) is 1. The summed E-state index contributed by atoms with van der Waals surface area (Å²) in [5.74, 6) is -2.39. The second kappa shape index (κ2) is 10.3. The molecule has 1 saturated heterocycles. The molecule has 0 saturated carbocycles. The van der Waals surface area contributed by atoms with E-state index in [2.05, 4.69) is 4.74 Å². The first-order valence-corrected chi connectivity index (χ1v) is 12.0. The van der Waals surface area contributed by atoms with E-state index in [-0.39, 0.29) is 33.5 Å². The van der Waals surface area contributed by atoms with Crippen LogP contribution in [0, 0.1) is 12.8 Å². The van der Waals surface area contributed by atoms with Gasteiger partial charge in [0.15, 0.2) is 0 Å². The molecular weight excluding hydrogens is 536 g/mol. The summed E-state index contributed by atoms with van der Waals surface area (Å²) in [6.45, 7) is 2.23. The summed E-state index contributed by atoms with van der Waals surface area (Å²) in [6.07, 6.45) is -2.38. The number of aromatic nitrogens is 1. The number of piperidine rings is 1. The van der Waals surface area contributed by atoms with Gasteiger partial charge < -0.3 is 14.7 Å². The van der Waals surface area contributed by atoms with Crippen molar-refractivity contribution >= 4 is 51.9 Å². The zero-order valence-corrected chi connectivity index (χ0v) is 21.0. The molecule has 37 heavy (non-hydrogen) atoms. The first-order chi connectivity index (χ1) is 17.4. The molecular formula is C25H21Cl2F3N2O5. The summed E-state index contributed by atoms with van der Waals surface area (Å²) in [7, 11) is 0. The van der Waals surface area contributed by atoms with Gasteiger partial charge in [0.1, 0.15) is 5.75 Å². The van der Waals surface area contributed by atoms with E-state index >= 15 is 0 Å². The fraction of sp³-hybridized carbons (Fsp3) is 0.320. The van der Waals surface area contributed by atoms with Crippen LogP contribution in [0.3, 0.4) is 0 Å². The van der Waals surface area contributed by atoms with Crippen molar-refractivity contribution in [3.05, 3.63) is 63.3 Å². The monoisotopic (exact) mass is 556 g/mol. The Bertz CT molecular complexity index is 1400. The molecule has 1 aromatic heterocycles. The molecule has 1 fully saturated rings. The number of likely N-dealkylation sites (tertiary alicyclic amines) is 1. The van der Waals surface area contributed by atoms with Crippen LogP contribution >= 0.6 is 23.2 Å². The number of hydrogen-bond donors (Lipinski definition) is 1. The standard InChI is InChI=1S/C25H21Cl2F3N2O5/c1-13-10-16(37-25(28,29)30)12-15-6-9-32(22(13)15)24(36)20-18(26)3-2-17(21(20)27)23(35)31-7-4-14(5-8-31)11-19(33)34/h2-3,6,9-10,12,14H,4-5,7-8,11H2,1H3,(H,33,34). The molecule has 1 amide bonds. The molecule has 1 aliphatic rings. The number of fused-ring (bicyclic) bond motifs is 1. The SMILES string of the molecule is Cc1cc(OC(F)(F)F)cc2ccn(C(=O)c3c(Cl)ccc(C(=O)N4CCC(CC(=O)O)CC4)c3Cl)c12. The Labute approximate surface area is 219 Å². The van der Waals surface area contributed by atoms with Crippen LogP contribution in [0.4, 0.5) is 13.2 Å². The molecule has 2 heterocycles. The minimum Gasteiger partial charge on any atom is -0.481 e. The molecule has 4 rings (SSSR count). The lowest BCUT2D eigenvalue weighted by atomic mass is 9.93. The number of ether oxygens (including phenoxy) is 1. The summed E-state index contributed by atoms with van der Waals surface area (Å²) in [4.78, 5) is 39.2. The molecule has 0 radical (unpaired) electrons. The van der Waals surface area contributed by atoms with Crippen molar-refractivity contribution in [1.82, 2.24) is 9.47 Å². The largest absolute Gasteiger partial charge is 0.573 e. The van der Waals surface area contributed by atoms with Gasteiger partial charge in [0.2, 0.25) is 0 Å². The zero-order chi connectivity index (χ0) is 27.1. The Morgan fingerprint density at radius 3 is 2.38 bits per heavy atom. The third kappa shape index (κ3) is 5.70. The maximum Gasteiger partial charge on any atom is 0.573 e. The third-order valence-electron chi connectivity index (χ3n) is 6.30. The van der Waals surface area contributed by atoms with Crippen LogP contribution in [0.5, 0.6) is 5.75 Å². The van der Waals surface area contributed by atoms with Crippen molar-refractivity contribution in [2.75, 3.05) is 13.1 Å². The third-order valence-corrected chi connectivity index (χ3v) is 7.01. The second-order valence-corrected chi connectivity index (χ2v) is 9.62. The van der Waals surface area contributed by atoms with Crippen molar-refractivity contribution in [3.8, 4) is 5.75 Å². The lowest BCUT2D eigenvalue weighted by Gasteiger charge is -2.31. The van der Waals surface area contributed by atoms with Crippen molar-refractivity contribution < 1.29 is 37.4 Å². The molecule has 2 aromatic carbocycles. The van der Waals surface area contributed by atoms with Crippen molar-refractivity contribution in [1.29, 1.82) is 0 Å². The lowest BCUT2D eigenvalue weighted by molar-refractivity contribution is -0.274. The second-order valence-electron chi connectivity index (χ2n) is 8.83. The number of hydrogen-bond acceptors (Lipinski definition) is 4. The molecule has 0 bridgehead atoms. The molecule has 1 N–H and O–H groups in total. The number of nitrogens with zero attached hydrogens (tertiary/aromatic N) is 2. The maximum atomic E-state index is 13.5. The fourth-order valence-corrected chi connectivity index (χ4v) is 5.22. The van der Waals surface area contributed by atoms with Crippen LogP contribution in [0.1, 0.15) is 45.5 Å². The van der Waals surface area contributed by atoms with Crippen LogP contribution in [0.25, 0.3) is 10.9 Å². The van der Waals surface area contributed by atoms with Crippen molar-refractivity contribution in [3.63, 3.8) is 0 Å². The van der Waals surface area contributed by atoms with Gasteiger partial charge in [0.25, 0.3) is 11.8 Å². The van der Waals surface area contributed by atoms with E-state index in [4.69, 9.17) is 28.3 Å². The van der Waals surface area contributed by atoms with Gasteiger partial charge in [0, 0.05) is 31.1 Å². The molecule has 12 heteroatoms. The Morgan fingerprint density at radius 2 is 1.76 bits per heavy atom. The average Bonchev–Trinajstić information content (AvgIpc) is 3.22. The van der Waals surface area contributed by atoms with E-state index in [1.807, 2.05) is 0 Å². The number of carbonyl (C=O) groups is 3. The van der Waals surface area contributed by atoms with Crippen LogP contribution in [0.15, 0.2) is 36.5 Å². The smallest absolute Gasteiger partial charge is 0.481 e. The van der Waals surface area contributed by atoms with Crippen LogP contribution in [-0.4, -0.2) is 51.8 Å². The number of carboxylic acids is 1. The van der Waals surface area contributed by atoms with Gasteiger partial charge in [0.05, 0.1) is 26.7 Å². The Morgan fingerprint density at radius 1 is 1.08 bits per heavy atom. The lowest BCUT2D eigenvalue weighted by Crippen LogP contribution is -2.39. The minimum atomic E-state index is -4.86. The van der Waals surface area contributed by atoms with Gasteiger partial charge in [-0.25, -0.2) is 0 Å². The molecule has 0 atom stereocenters. The number of aryl methyl sites for hydroxylation is 1. The van der Waals surface area contributed by atoms with Crippen molar-refractivity contribution in [2.45, 2.75) is 32.5 Å². The molecule has 0 unspecified atom stereocenters. The molecule has 7 nitrogen and oxygen atoms in total. The average molecular weight is 557 g/mol. The Kier molecular flexibility index (Phi) is 7.43. The Hall–Kier alpha value is -3.24. The van der Waals surface area contributed by atoms with E-state index in [0.717, 1.165) is 12.1 Å². The highest BCUT2D eigenvalue weighted by molar-refractivity contribution is 6.41. The summed E-state index contributed by atoms with van der Waals surface area (Å²) in [5.41, 5.74) is 0.630. The normalized spacial score (nSPS) is 14.7. The number of benzene rings is 2. The highest BCUT2D eigenvalue weighted by Gasteiger charge is 2.32. The maximum absolute atomic E-state index is 13.5. The molecule has 196 valence electrons. The topological polar surface area (TPSA) is 88.8 Å².